The smallest absolute Gasteiger partial charge is 0.258 e. The number of rotatable bonds is 1. The van der Waals surface area contributed by atoms with E-state index in [4.69, 9.17) is 9.47 Å². The number of hydrogen-bond acceptors (Lipinski definition) is 6. The third kappa shape index (κ3) is 6.25. The van der Waals surface area contributed by atoms with Crippen LogP contribution in [0.25, 0.3) is 11.1 Å². The van der Waals surface area contributed by atoms with Crippen molar-refractivity contribution in [3.8, 4) is 22.6 Å². The number of carbonyl (C=O) groups excluding carboxylic acids is 3. The minimum Gasteiger partial charge on any atom is -0.488 e. The summed E-state index contributed by atoms with van der Waals surface area (Å²) in [6.45, 7) is 1.00. The molecule has 0 spiro atoms. The number of ether oxygens (including phenoxy) is 2. The van der Waals surface area contributed by atoms with Crippen molar-refractivity contribution in [3.05, 3.63) is 114 Å². The van der Waals surface area contributed by atoms with Gasteiger partial charge in [0.15, 0.2) is 6.61 Å². The Bertz CT molecular complexity index is 1590. The van der Waals surface area contributed by atoms with E-state index in [2.05, 4.69) is 15.6 Å². The normalized spacial score (nSPS) is 18.9. The number of hydrogen-bond donors (Lipinski definition) is 2. The van der Waals surface area contributed by atoms with E-state index in [9.17, 15) is 14.4 Å². The number of aromatic nitrogens is 1. The molecule has 9 nitrogen and oxygen atoms in total. The molecular weight excluding hydrogens is 532 g/mol. The van der Waals surface area contributed by atoms with Gasteiger partial charge >= 0.3 is 0 Å². The Morgan fingerprint density at radius 3 is 2.50 bits per heavy atom. The molecule has 3 aromatic carbocycles. The van der Waals surface area contributed by atoms with Crippen LogP contribution in [0.3, 0.4) is 0 Å². The summed E-state index contributed by atoms with van der Waals surface area (Å²) < 4.78 is 12.1. The van der Waals surface area contributed by atoms with Gasteiger partial charge in [-0.15, -0.1) is 0 Å². The van der Waals surface area contributed by atoms with Crippen molar-refractivity contribution in [2.24, 2.45) is 0 Å². The zero-order chi connectivity index (χ0) is 28.9. The van der Waals surface area contributed by atoms with E-state index < -0.39 is 6.04 Å². The minimum atomic E-state index is -0.469. The van der Waals surface area contributed by atoms with Gasteiger partial charge in [0, 0.05) is 49.6 Å². The molecule has 3 amide bonds. The molecule has 4 heterocycles. The first kappa shape index (κ1) is 27.0. The summed E-state index contributed by atoms with van der Waals surface area (Å²) in [5.41, 5.74) is 3.40. The number of benzene rings is 3. The average molecular weight is 563 g/mol. The Morgan fingerprint density at radius 1 is 0.857 bits per heavy atom. The van der Waals surface area contributed by atoms with E-state index in [1.54, 1.807) is 41.4 Å². The van der Waals surface area contributed by atoms with Gasteiger partial charge in [-0.3, -0.25) is 19.4 Å². The van der Waals surface area contributed by atoms with Crippen LogP contribution in [0.15, 0.2) is 97.3 Å². The maximum absolute atomic E-state index is 13.6. The van der Waals surface area contributed by atoms with Crippen LogP contribution in [0.5, 0.6) is 11.5 Å². The molecule has 3 aliphatic rings. The van der Waals surface area contributed by atoms with Gasteiger partial charge in [0.1, 0.15) is 17.6 Å². The first-order valence-corrected chi connectivity index (χ1v) is 13.9. The molecule has 1 aromatic heterocycles. The Morgan fingerprint density at radius 2 is 1.67 bits per heavy atom. The van der Waals surface area contributed by atoms with Crippen molar-refractivity contribution in [1.82, 2.24) is 20.5 Å². The average Bonchev–Trinajstić information content (AvgIpc) is 3.04. The van der Waals surface area contributed by atoms with Gasteiger partial charge in [-0.2, -0.15) is 0 Å². The Labute approximate surface area is 243 Å². The SMILES string of the molecule is O=C1COc2cccc(c2)-c2cncc(c2)C(=O)N[C@@H]2CN(C(=O)c3ccccc3)CC[C@@H]2Oc2ccc(cc2)CN1. The van der Waals surface area contributed by atoms with Crippen molar-refractivity contribution in [2.75, 3.05) is 19.7 Å². The number of piperidine rings is 1. The molecule has 1 saturated heterocycles. The quantitative estimate of drug-likeness (QED) is 0.365. The second-order valence-electron chi connectivity index (χ2n) is 10.3. The lowest BCUT2D eigenvalue weighted by Gasteiger charge is -2.39. The highest BCUT2D eigenvalue weighted by atomic mass is 16.5. The van der Waals surface area contributed by atoms with Crippen LogP contribution in [0, 0.1) is 0 Å². The van der Waals surface area contributed by atoms with Gasteiger partial charge in [0.05, 0.1) is 11.6 Å². The second-order valence-corrected chi connectivity index (χ2v) is 10.3. The molecule has 3 aliphatic heterocycles. The van der Waals surface area contributed by atoms with Gasteiger partial charge in [0.2, 0.25) is 0 Å². The molecule has 4 aromatic rings. The van der Waals surface area contributed by atoms with Gasteiger partial charge < -0.3 is 25.0 Å². The lowest BCUT2D eigenvalue weighted by molar-refractivity contribution is -0.123. The van der Waals surface area contributed by atoms with E-state index in [-0.39, 0.29) is 30.4 Å². The predicted molar refractivity (Wildman–Crippen MR) is 156 cm³/mol. The molecule has 212 valence electrons. The van der Waals surface area contributed by atoms with Crippen molar-refractivity contribution in [2.45, 2.75) is 25.1 Å². The van der Waals surface area contributed by atoms with Crippen LogP contribution in [0.1, 0.15) is 32.7 Å². The number of carbonyl (C=O) groups is 3. The summed E-state index contributed by atoms with van der Waals surface area (Å²) in [5.74, 6) is 0.520. The summed E-state index contributed by atoms with van der Waals surface area (Å²) in [6.07, 6.45) is 3.35. The van der Waals surface area contributed by atoms with Crippen LogP contribution < -0.4 is 20.1 Å². The minimum absolute atomic E-state index is 0.0908. The third-order valence-electron chi connectivity index (χ3n) is 7.41. The van der Waals surface area contributed by atoms with Crippen molar-refractivity contribution < 1.29 is 23.9 Å². The molecule has 1 fully saturated rings. The van der Waals surface area contributed by atoms with E-state index >= 15 is 0 Å². The summed E-state index contributed by atoms with van der Waals surface area (Å²) in [6, 6.07) is 25.2. The fourth-order valence-electron chi connectivity index (χ4n) is 5.16. The maximum Gasteiger partial charge on any atom is 0.258 e. The maximum atomic E-state index is 13.6. The first-order chi connectivity index (χ1) is 20.5. The largest absolute Gasteiger partial charge is 0.488 e. The van der Waals surface area contributed by atoms with Crippen molar-refractivity contribution >= 4 is 17.7 Å². The standard InChI is InChI=1S/C33H30N4O5/c38-31-21-41-28-8-4-7-24(16-28)25-15-26(19-34-18-25)32(39)36-29-20-37(33(40)23-5-2-1-3-6-23)14-13-30(29)42-27-11-9-22(10-12-27)17-35-31/h1-12,15-16,18-19,29-30H,13-14,17,20-21H2,(H,35,38)(H,36,39)/t29-,30+/m1/s1. The number of pyridine rings is 1. The molecule has 0 aliphatic carbocycles. The van der Waals surface area contributed by atoms with E-state index in [0.717, 1.165) is 16.7 Å². The molecule has 0 saturated carbocycles. The number of nitrogens with zero attached hydrogens (tertiary/aromatic N) is 2. The molecule has 9 heteroatoms. The third-order valence-corrected chi connectivity index (χ3v) is 7.41. The summed E-state index contributed by atoms with van der Waals surface area (Å²) in [7, 11) is 0. The highest BCUT2D eigenvalue weighted by Crippen LogP contribution is 2.25. The molecule has 42 heavy (non-hydrogen) atoms. The molecule has 2 atom stereocenters. The molecule has 7 rings (SSSR count). The summed E-state index contributed by atoms with van der Waals surface area (Å²) in [4.78, 5) is 45.3. The lowest BCUT2D eigenvalue weighted by atomic mass is 9.99. The molecule has 2 N–H and O–H groups in total. The van der Waals surface area contributed by atoms with Crippen LogP contribution in [-0.4, -0.2) is 59.4 Å². The van der Waals surface area contributed by atoms with E-state index in [0.29, 0.717) is 48.7 Å². The van der Waals surface area contributed by atoms with Crippen LogP contribution in [-0.2, 0) is 11.3 Å². The number of nitrogens with one attached hydrogen (secondary N) is 2. The van der Waals surface area contributed by atoms with Crippen molar-refractivity contribution in [3.63, 3.8) is 0 Å². The Hall–Kier alpha value is -5.18. The Kier molecular flexibility index (Phi) is 7.81. The predicted octanol–water partition coefficient (Wildman–Crippen LogP) is 3.85. The van der Waals surface area contributed by atoms with Crippen LogP contribution >= 0.6 is 0 Å². The molecule has 6 bridgehead atoms. The van der Waals surface area contributed by atoms with E-state index in [1.807, 2.05) is 54.6 Å². The van der Waals surface area contributed by atoms with Crippen LogP contribution in [0.4, 0.5) is 0 Å². The number of amides is 3. The van der Waals surface area contributed by atoms with Gasteiger partial charge in [0.25, 0.3) is 17.7 Å². The van der Waals surface area contributed by atoms with Gasteiger partial charge in [-0.25, -0.2) is 0 Å². The number of likely N-dealkylation sites (tertiary alicyclic amines) is 1. The van der Waals surface area contributed by atoms with Gasteiger partial charge in [-0.1, -0.05) is 42.5 Å². The zero-order valence-corrected chi connectivity index (χ0v) is 22.9. The number of fused-ring (bicyclic) bond motifs is 7. The van der Waals surface area contributed by atoms with Gasteiger partial charge in [-0.05, 0) is 53.6 Å². The van der Waals surface area contributed by atoms with E-state index in [1.165, 1.54) is 6.20 Å². The highest BCUT2D eigenvalue weighted by molar-refractivity contribution is 5.96. The molecule has 0 radical (unpaired) electrons. The topological polar surface area (TPSA) is 110 Å². The fourth-order valence-corrected chi connectivity index (χ4v) is 5.16. The first-order valence-electron chi connectivity index (χ1n) is 13.9. The Balaban J connectivity index is 1.31. The lowest BCUT2D eigenvalue weighted by Crippen LogP contribution is -2.58. The monoisotopic (exact) mass is 562 g/mol. The molecule has 0 unspecified atom stereocenters. The zero-order valence-electron chi connectivity index (χ0n) is 22.9. The van der Waals surface area contributed by atoms with Crippen LogP contribution in [0.2, 0.25) is 0 Å². The second kappa shape index (κ2) is 12.1. The summed E-state index contributed by atoms with van der Waals surface area (Å²) >= 11 is 0. The molecular formula is C33H30N4O5. The fraction of sp³-hybridized carbons (Fsp3) is 0.212. The highest BCUT2D eigenvalue weighted by Gasteiger charge is 2.34. The van der Waals surface area contributed by atoms with Crippen molar-refractivity contribution in [1.29, 1.82) is 0 Å². The summed E-state index contributed by atoms with van der Waals surface area (Å²) in [5, 5.41) is 5.99.